The molecule has 0 radical (unpaired) electrons. The van der Waals surface area contributed by atoms with Crippen molar-refractivity contribution >= 4 is 11.9 Å². The minimum atomic E-state index is -0.947. The molecule has 1 aromatic rings. The van der Waals surface area contributed by atoms with Gasteiger partial charge in [0.05, 0.1) is 30.7 Å². The van der Waals surface area contributed by atoms with Crippen molar-refractivity contribution in [3.8, 4) is 0 Å². The number of carboxylic acids is 1. The van der Waals surface area contributed by atoms with Crippen LogP contribution in [-0.2, 0) is 9.53 Å². The van der Waals surface area contributed by atoms with E-state index in [1.54, 1.807) is 4.90 Å². The molecule has 0 spiro atoms. The summed E-state index contributed by atoms with van der Waals surface area (Å²) >= 11 is 0. The minimum Gasteiger partial charge on any atom is -0.481 e. The molecule has 2 saturated heterocycles. The molecule has 21 heavy (non-hydrogen) atoms. The number of ether oxygens (including phenoxy) is 1. The van der Waals surface area contributed by atoms with Gasteiger partial charge in [0.2, 0.25) is 0 Å². The van der Waals surface area contributed by atoms with Gasteiger partial charge in [0, 0.05) is 19.0 Å². The Balaban J connectivity index is 1.85. The van der Waals surface area contributed by atoms with Gasteiger partial charge in [0.25, 0.3) is 5.91 Å². The summed E-state index contributed by atoms with van der Waals surface area (Å²) < 4.78 is 5.32. The third-order valence-electron chi connectivity index (χ3n) is 4.56. The summed E-state index contributed by atoms with van der Waals surface area (Å²) in [6.45, 7) is 5.17. The number of aliphatic carboxylic acids is 1. The van der Waals surface area contributed by atoms with E-state index in [4.69, 9.17) is 4.74 Å². The lowest BCUT2D eigenvalue weighted by atomic mass is 9.81. The van der Waals surface area contributed by atoms with Gasteiger partial charge in [-0.1, -0.05) is 13.8 Å². The zero-order valence-electron chi connectivity index (χ0n) is 12.1. The van der Waals surface area contributed by atoms with E-state index in [0.717, 1.165) is 5.69 Å². The molecule has 0 unspecified atom stereocenters. The summed E-state index contributed by atoms with van der Waals surface area (Å²) in [7, 11) is 0. The first kappa shape index (κ1) is 14.1. The Morgan fingerprint density at radius 3 is 2.95 bits per heavy atom. The van der Waals surface area contributed by atoms with Crippen molar-refractivity contribution in [2.24, 2.45) is 11.3 Å². The maximum atomic E-state index is 12.7. The normalized spacial score (nSPS) is 28.1. The molecule has 7 heteroatoms. The number of hydrogen-bond donors (Lipinski definition) is 2. The second-order valence-corrected chi connectivity index (χ2v) is 6.21. The van der Waals surface area contributed by atoms with Gasteiger partial charge in [0.1, 0.15) is 5.41 Å². The fourth-order valence-corrected chi connectivity index (χ4v) is 3.27. The van der Waals surface area contributed by atoms with Crippen molar-refractivity contribution in [2.75, 3.05) is 26.3 Å². The highest BCUT2D eigenvalue weighted by Crippen LogP contribution is 2.42. The van der Waals surface area contributed by atoms with Gasteiger partial charge in [0.15, 0.2) is 0 Å². The Labute approximate surface area is 122 Å². The quantitative estimate of drug-likeness (QED) is 0.855. The predicted octanol–water partition coefficient (Wildman–Crippen LogP) is 0.706. The van der Waals surface area contributed by atoms with Gasteiger partial charge >= 0.3 is 5.97 Å². The van der Waals surface area contributed by atoms with Crippen molar-refractivity contribution in [3.63, 3.8) is 0 Å². The highest BCUT2D eigenvalue weighted by atomic mass is 16.5. The standard InChI is InChI=1S/C14H19N3O4/c1-8(2)11-10(3-15-16-11)12(18)17-4-9-5-21-7-14(9,6-17)13(19)20/h3,8-9H,4-7H2,1-2H3,(H,15,16)(H,19,20)/t9-,14-/m1/s1. The fraction of sp³-hybridized carbons (Fsp3) is 0.643. The van der Waals surface area contributed by atoms with Crippen LogP contribution in [0.25, 0.3) is 0 Å². The smallest absolute Gasteiger partial charge is 0.314 e. The zero-order valence-corrected chi connectivity index (χ0v) is 12.1. The van der Waals surface area contributed by atoms with Gasteiger partial charge in [-0.05, 0) is 5.92 Å². The van der Waals surface area contributed by atoms with E-state index < -0.39 is 11.4 Å². The number of likely N-dealkylation sites (tertiary alicyclic amines) is 1. The van der Waals surface area contributed by atoms with Crippen LogP contribution in [0.15, 0.2) is 6.20 Å². The van der Waals surface area contributed by atoms with Gasteiger partial charge in [-0.25, -0.2) is 0 Å². The highest BCUT2D eigenvalue weighted by molar-refractivity contribution is 5.96. The molecule has 7 nitrogen and oxygen atoms in total. The van der Waals surface area contributed by atoms with E-state index in [2.05, 4.69) is 10.2 Å². The molecule has 2 fully saturated rings. The molecule has 2 atom stereocenters. The molecule has 0 bridgehead atoms. The molecule has 2 N–H and O–H groups in total. The number of aromatic amines is 1. The highest BCUT2D eigenvalue weighted by Gasteiger charge is 2.57. The largest absolute Gasteiger partial charge is 0.481 e. The number of carboxylic acid groups (broad SMARTS) is 1. The Morgan fingerprint density at radius 1 is 1.57 bits per heavy atom. The van der Waals surface area contributed by atoms with Crippen LogP contribution in [0.1, 0.15) is 35.8 Å². The van der Waals surface area contributed by atoms with Crippen molar-refractivity contribution in [1.29, 1.82) is 0 Å². The zero-order chi connectivity index (χ0) is 15.2. The number of carbonyl (C=O) groups is 2. The monoisotopic (exact) mass is 293 g/mol. The molecule has 2 aliphatic heterocycles. The van der Waals surface area contributed by atoms with E-state index in [9.17, 15) is 14.7 Å². The third kappa shape index (κ3) is 2.03. The maximum Gasteiger partial charge on any atom is 0.314 e. The molecule has 0 aliphatic carbocycles. The maximum absolute atomic E-state index is 12.7. The molecule has 3 heterocycles. The second kappa shape index (κ2) is 4.84. The Bertz CT molecular complexity index is 583. The number of fused-ring (bicyclic) bond motifs is 1. The lowest BCUT2D eigenvalue weighted by molar-refractivity contribution is -0.149. The lowest BCUT2D eigenvalue weighted by Gasteiger charge is -2.22. The minimum absolute atomic E-state index is 0.131. The van der Waals surface area contributed by atoms with Crippen LogP contribution in [0.5, 0.6) is 0 Å². The summed E-state index contributed by atoms with van der Waals surface area (Å²) in [5.74, 6) is -1.00. The fourth-order valence-electron chi connectivity index (χ4n) is 3.27. The number of carbonyl (C=O) groups excluding carboxylic acids is 1. The first-order valence-corrected chi connectivity index (χ1v) is 7.09. The van der Waals surface area contributed by atoms with Crippen LogP contribution in [-0.4, -0.2) is 58.4 Å². The summed E-state index contributed by atoms with van der Waals surface area (Å²) in [6.07, 6.45) is 1.52. The average molecular weight is 293 g/mol. The summed E-state index contributed by atoms with van der Waals surface area (Å²) in [5.41, 5.74) is 0.376. The number of nitrogens with one attached hydrogen (secondary N) is 1. The lowest BCUT2D eigenvalue weighted by Crippen LogP contribution is -2.40. The summed E-state index contributed by atoms with van der Waals surface area (Å²) in [5, 5.41) is 16.3. The molecule has 2 aliphatic rings. The summed E-state index contributed by atoms with van der Waals surface area (Å²) in [6, 6.07) is 0. The average Bonchev–Trinajstić information content (AvgIpc) is 3.11. The van der Waals surface area contributed by atoms with Crippen LogP contribution >= 0.6 is 0 Å². The number of amides is 1. The number of hydrogen-bond acceptors (Lipinski definition) is 4. The van der Waals surface area contributed by atoms with Crippen LogP contribution < -0.4 is 0 Å². The molecule has 1 amide bonds. The number of H-pyrrole nitrogens is 1. The van der Waals surface area contributed by atoms with E-state index in [1.165, 1.54) is 6.20 Å². The van der Waals surface area contributed by atoms with Crippen molar-refractivity contribution in [3.05, 3.63) is 17.5 Å². The first-order valence-electron chi connectivity index (χ1n) is 7.09. The Hall–Kier alpha value is -1.89. The number of nitrogens with zero attached hydrogens (tertiary/aromatic N) is 2. The molecule has 1 aromatic heterocycles. The molecular formula is C14H19N3O4. The van der Waals surface area contributed by atoms with Crippen LogP contribution in [0.4, 0.5) is 0 Å². The number of rotatable bonds is 3. The second-order valence-electron chi connectivity index (χ2n) is 6.21. The Kier molecular flexibility index (Phi) is 3.24. The molecule has 0 saturated carbocycles. The van der Waals surface area contributed by atoms with E-state index in [-0.39, 0.29) is 30.9 Å². The van der Waals surface area contributed by atoms with Crippen LogP contribution in [0, 0.1) is 11.3 Å². The van der Waals surface area contributed by atoms with Crippen LogP contribution in [0.3, 0.4) is 0 Å². The molecule has 3 rings (SSSR count). The Morgan fingerprint density at radius 2 is 2.33 bits per heavy atom. The van der Waals surface area contributed by atoms with Gasteiger partial charge in [-0.3, -0.25) is 14.7 Å². The van der Waals surface area contributed by atoms with Gasteiger partial charge in [-0.2, -0.15) is 5.10 Å². The third-order valence-corrected chi connectivity index (χ3v) is 4.56. The predicted molar refractivity (Wildman–Crippen MR) is 73.0 cm³/mol. The van der Waals surface area contributed by atoms with E-state index in [0.29, 0.717) is 18.7 Å². The van der Waals surface area contributed by atoms with Gasteiger partial charge in [-0.15, -0.1) is 0 Å². The SMILES string of the molecule is CC(C)c1[nH]ncc1C(=O)N1C[C@@H]2COC[C@]2(C(=O)O)C1. The first-order chi connectivity index (χ1) is 9.95. The molecule has 0 aromatic carbocycles. The van der Waals surface area contributed by atoms with Gasteiger partial charge < -0.3 is 14.7 Å². The topological polar surface area (TPSA) is 95.5 Å². The van der Waals surface area contributed by atoms with Crippen molar-refractivity contribution < 1.29 is 19.4 Å². The van der Waals surface area contributed by atoms with Crippen molar-refractivity contribution in [1.82, 2.24) is 15.1 Å². The van der Waals surface area contributed by atoms with Crippen molar-refractivity contribution in [2.45, 2.75) is 19.8 Å². The molecular weight excluding hydrogens is 274 g/mol. The molecule has 114 valence electrons. The van der Waals surface area contributed by atoms with E-state index in [1.807, 2.05) is 13.8 Å². The summed E-state index contributed by atoms with van der Waals surface area (Å²) in [4.78, 5) is 25.9. The van der Waals surface area contributed by atoms with Crippen LogP contribution in [0.2, 0.25) is 0 Å². The number of aromatic nitrogens is 2. The van der Waals surface area contributed by atoms with E-state index >= 15 is 0 Å².